The van der Waals surface area contributed by atoms with E-state index < -0.39 is 0 Å². The molecule has 0 bridgehead atoms. The summed E-state index contributed by atoms with van der Waals surface area (Å²) in [6.07, 6.45) is 3.88. The zero-order valence-electron chi connectivity index (χ0n) is 8.18. The van der Waals surface area contributed by atoms with Crippen LogP contribution >= 0.6 is 11.6 Å². The maximum Gasteiger partial charge on any atom is 0.0811 e. The molecule has 0 aliphatic carbocycles. The van der Waals surface area contributed by atoms with Crippen molar-refractivity contribution in [1.82, 2.24) is 4.57 Å². The molecule has 1 atom stereocenters. The summed E-state index contributed by atoms with van der Waals surface area (Å²) < 4.78 is 1.98. The molecule has 0 aliphatic rings. The van der Waals surface area contributed by atoms with Crippen LogP contribution in [0.5, 0.6) is 0 Å². The molecule has 1 unspecified atom stereocenters. The minimum absolute atomic E-state index is 0.0303. The summed E-state index contributed by atoms with van der Waals surface area (Å²) >= 11 is 5.82. The van der Waals surface area contributed by atoms with E-state index in [4.69, 9.17) is 11.6 Å². The summed E-state index contributed by atoms with van der Waals surface area (Å²) in [5, 5.41) is 10.1. The standard InChI is InChI=1S/C12H12ClNO/c13-11-5-3-10(4-6-11)12(9-15)14-7-1-2-8-14/h1-8,12,15H,9H2. The normalized spacial score (nSPS) is 12.7. The first-order valence-corrected chi connectivity index (χ1v) is 5.18. The Bertz CT molecular complexity index is 408. The van der Waals surface area contributed by atoms with Crippen LogP contribution in [-0.2, 0) is 0 Å². The smallest absolute Gasteiger partial charge is 0.0811 e. The number of rotatable bonds is 3. The van der Waals surface area contributed by atoms with Crippen molar-refractivity contribution >= 4 is 11.6 Å². The van der Waals surface area contributed by atoms with E-state index in [-0.39, 0.29) is 12.6 Å². The quantitative estimate of drug-likeness (QED) is 0.847. The van der Waals surface area contributed by atoms with E-state index in [2.05, 4.69) is 0 Å². The van der Waals surface area contributed by atoms with Crippen molar-refractivity contribution in [3.05, 3.63) is 59.4 Å². The average molecular weight is 222 g/mol. The van der Waals surface area contributed by atoms with E-state index in [1.165, 1.54) is 0 Å². The summed E-state index contributed by atoms with van der Waals surface area (Å²) in [4.78, 5) is 0. The van der Waals surface area contributed by atoms with E-state index in [1.54, 1.807) is 0 Å². The number of aromatic nitrogens is 1. The lowest BCUT2D eigenvalue weighted by atomic mass is 10.1. The molecule has 0 aliphatic heterocycles. The average Bonchev–Trinajstić information content (AvgIpc) is 2.75. The Kier molecular flexibility index (Phi) is 3.09. The van der Waals surface area contributed by atoms with Crippen LogP contribution in [0.25, 0.3) is 0 Å². The van der Waals surface area contributed by atoms with Gasteiger partial charge in [-0.3, -0.25) is 0 Å². The number of benzene rings is 1. The van der Waals surface area contributed by atoms with Crippen LogP contribution in [0, 0.1) is 0 Å². The highest BCUT2D eigenvalue weighted by Gasteiger charge is 2.10. The van der Waals surface area contributed by atoms with Crippen molar-refractivity contribution in [2.75, 3.05) is 6.61 Å². The number of aliphatic hydroxyl groups is 1. The van der Waals surface area contributed by atoms with E-state index in [0.29, 0.717) is 5.02 Å². The molecule has 1 heterocycles. The third kappa shape index (κ3) is 2.22. The highest BCUT2D eigenvalue weighted by atomic mass is 35.5. The maximum atomic E-state index is 9.37. The molecule has 0 radical (unpaired) electrons. The molecule has 2 rings (SSSR count). The van der Waals surface area contributed by atoms with Crippen molar-refractivity contribution < 1.29 is 5.11 Å². The first-order valence-electron chi connectivity index (χ1n) is 4.80. The highest BCUT2D eigenvalue weighted by molar-refractivity contribution is 6.30. The van der Waals surface area contributed by atoms with Crippen LogP contribution in [0.3, 0.4) is 0 Å². The second-order valence-corrected chi connectivity index (χ2v) is 3.82. The Balaban J connectivity index is 2.31. The summed E-state index contributed by atoms with van der Waals surface area (Å²) in [6.45, 7) is 0.0797. The lowest BCUT2D eigenvalue weighted by Crippen LogP contribution is -2.12. The lowest BCUT2D eigenvalue weighted by Gasteiger charge is -2.16. The van der Waals surface area contributed by atoms with E-state index in [0.717, 1.165) is 5.56 Å². The molecule has 0 amide bonds. The van der Waals surface area contributed by atoms with Gasteiger partial charge in [-0.05, 0) is 29.8 Å². The summed E-state index contributed by atoms with van der Waals surface area (Å²) in [7, 11) is 0. The monoisotopic (exact) mass is 221 g/mol. The Morgan fingerprint density at radius 1 is 1.13 bits per heavy atom. The Labute approximate surface area is 93.7 Å². The van der Waals surface area contributed by atoms with Crippen LogP contribution in [0.4, 0.5) is 0 Å². The molecule has 15 heavy (non-hydrogen) atoms. The summed E-state index contributed by atoms with van der Waals surface area (Å²) in [6, 6.07) is 11.4. The van der Waals surface area contributed by atoms with Gasteiger partial charge in [-0.25, -0.2) is 0 Å². The largest absolute Gasteiger partial charge is 0.394 e. The van der Waals surface area contributed by atoms with Crippen LogP contribution in [-0.4, -0.2) is 16.3 Å². The SMILES string of the molecule is OCC(c1ccc(Cl)cc1)n1cccc1. The highest BCUT2D eigenvalue weighted by Crippen LogP contribution is 2.20. The molecule has 0 saturated heterocycles. The third-order valence-corrected chi connectivity index (χ3v) is 2.67. The topological polar surface area (TPSA) is 25.2 Å². The minimum atomic E-state index is -0.0303. The van der Waals surface area contributed by atoms with Gasteiger partial charge in [0.1, 0.15) is 0 Å². The fourth-order valence-electron chi connectivity index (χ4n) is 1.61. The van der Waals surface area contributed by atoms with E-state index in [9.17, 15) is 5.11 Å². The lowest BCUT2D eigenvalue weighted by molar-refractivity contribution is 0.249. The van der Waals surface area contributed by atoms with Crippen LogP contribution < -0.4 is 0 Å². The molecule has 1 aromatic carbocycles. The number of nitrogens with zero attached hydrogens (tertiary/aromatic N) is 1. The Hall–Kier alpha value is -1.25. The van der Waals surface area contributed by atoms with Crippen LogP contribution in [0.15, 0.2) is 48.8 Å². The molecule has 0 fully saturated rings. The van der Waals surface area contributed by atoms with Crippen LogP contribution in [0.1, 0.15) is 11.6 Å². The third-order valence-electron chi connectivity index (χ3n) is 2.42. The van der Waals surface area contributed by atoms with Gasteiger partial charge >= 0.3 is 0 Å². The number of hydrogen-bond donors (Lipinski definition) is 1. The van der Waals surface area contributed by atoms with Crippen molar-refractivity contribution in [2.45, 2.75) is 6.04 Å². The first kappa shape index (κ1) is 10.3. The van der Waals surface area contributed by atoms with Gasteiger partial charge in [-0.2, -0.15) is 0 Å². The Morgan fingerprint density at radius 2 is 1.73 bits per heavy atom. The molecule has 1 N–H and O–H groups in total. The summed E-state index contributed by atoms with van der Waals surface area (Å²) in [5.41, 5.74) is 1.05. The number of aliphatic hydroxyl groups excluding tert-OH is 1. The molecular formula is C12H12ClNO. The second kappa shape index (κ2) is 4.51. The van der Waals surface area contributed by atoms with E-state index >= 15 is 0 Å². The minimum Gasteiger partial charge on any atom is -0.394 e. The van der Waals surface area contributed by atoms with Gasteiger partial charge in [0.25, 0.3) is 0 Å². The van der Waals surface area contributed by atoms with Crippen molar-refractivity contribution in [3.8, 4) is 0 Å². The fraction of sp³-hybridized carbons (Fsp3) is 0.167. The molecule has 78 valence electrons. The first-order chi connectivity index (χ1) is 7.31. The number of halogens is 1. The predicted octanol–water partition coefficient (Wildman–Crippen LogP) is 2.72. The van der Waals surface area contributed by atoms with Crippen molar-refractivity contribution in [3.63, 3.8) is 0 Å². The van der Waals surface area contributed by atoms with Crippen LogP contribution in [0.2, 0.25) is 5.02 Å². The molecule has 3 heteroatoms. The Morgan fingerprint density at radius 3 is 2.27 bits per heavy atom. The van der Waals surface area contributed by atoms with Crippen molar-refractivity contribution in [2.24, 2.45) is 0 Å². The van der Waals surface area contributed by atoms with E-state index in [1.807, 2.05) is 53.4 Å². The fourth-order valence-corrected chi connectivity index (χ4v) is 1.74. The second-order valence-electron chi connectivity index (χ2n) is 3.38. The van der Waals surface area contributed by atoms with Gasteiger partial charge in [0.05, 0.1) is 12.6 Å². The molecule has 0 saturated carbocycles. The molecule has 0 spiro atoms. The zero-order chi connectivity index (χ0) is 10.7. The van der Waals surface area contributed by atoms with Gasteiger partial charge in [0, 0.05) is 17.4 Å². The number of hydrogen-bond acceptors (Lipinski definition) is 1. The van der Waals surface area contributed by atoms with Gasteiger partial charge in [-0.1, -0.05) is 23.7 Å². The zero-order valence-corrected chi connectivity index (χ0v) is 8.93. The molecule has 1 aromatic heterocycles. The molecule has 2 nitrogen and oxygen atoms in total. The van der Waals surface area contributed by atoms with Gasteiger partial charge in [-0.15, -0.1) is 0 Å². The maximum absolute atomic E-state index is 9.37. The summed E-state index contributed by atoms with van der Waals surface area (Å²) in [5.74, 6) is 0. The predicted molar refractivity (Wildman–Crippen MR) is 61.1 cm³/mol. The molecule has 2 aromatic rings. The van der Waals surface area contributed by atoms with Crippen molar-refractivity contribution in [1.29, 1.82) is 0 Å². The van der Waals surface area contributed by atoms with Gasteiger partial charge in [0.2, 0.25) is 0 Å². The molecular weight excluding hydrogens is 210 g/mol. The van der Waals surface area contributed by atoms with Gasteiger partial charge in [0.15, 0.2) is 0 Å². The van der Waals surface area contributed by atoms with Gasteiger partial charge < -0.3 is 9.67 Å².